The van der Waals surface area contributed by atoms with Crippen molar-refractivity contribution < 1.29 is 8.91 Å². The van der Waals surface area contributed by atoms with Gasteiger partial charge in [0.25, 0.3) is 0 Å². The van der Waals surface area contributed by atoms with Crippen LogP contribution in [0.3, 0.4) is 0 Å². The normalized spacial score (nSPS) is 14.6. The van der Waals surface area contributed by atoms with Gasteiger partial charge in [0.05, 0.1) is 5.69 Å². The first-order chi connectivity index (χ1) is 11.7. The lowest BCUT2D eigenvalue weighted by atomic mass is 10.0. The van der Waals surface area contributed by atoms with E-state index in [1.165, 1.54) is 17.7 Å². The number of hydrogen-bond donors (Lipinski definition) is 0. The summed E-state index contributed by atoms with van der Waals surface area (Å²) in [5, 5.41) is 4.18. The zero-order valence-electron chi connectivity index (χ0n) is 13.5. The lowest BCUT2D eigenvalue weighted by molar-refractivity contribution is 0.226. The van der Waals surface area contributed by atoms with Gasteiger partial charge in [0.1, 0.15) is 17.3 Å². The van der Waals surface area contributed by atoms with Crippen LogP contribution in [-0.2, 0) is 19.5 Å². The molecule has 3 aromatic rings. The van der Waals surface area contributed by atoms with Gasteiger partial charge in [-0.2, -0.15) is 0 Å². The van der Waals surface area contributed by atoms with Crippen molar-refractivity contribution in [1.29, 1.82) is 0 Å². The first-order valence-corrected chi connectivity index (χ1v) is 8.07. The maximum atomic E-state index is 13.5. The molecule has 0 bridgehead atoms. The molecule has 4 nitrogen and oxygen atoms in total. The molecule has 4 rings (SSSR count). The molecule has 24 heavy (non-hydrogen) atoms. The molecule has 5 heteroatoms. The third-order valence-corrected chi connectivity index (χ3v) is 4.50. The van der Waals surface area contributed by atoms with E-state index in [-0.39, 0.29) is 5.82 Å². The molecule has 3 heterocycles. The summed E-state index contributed by atoms with van der Waals surface area (Å²) in [6.45, 7) is 4.51. The second-order valence-corrected chi connectivity index (χ2v) is 6.17. The van der Waals surface area contributed by atoms with E-state index >= 15 is 0 Å². The Hall–Kier alpha value is -2.53. The summed E-state index contributed by atoms with van der Waals surface area (Å²) in [5.74, 6) is 0.643. The Bertz CT molecular complexity index is 875. The lowest BCUT2D eigenvalue weighted by Gasteiger charge is -2.26. The number of rotatable bonds is 3. The molecule has 122 valence electrons. The molecule has 0 unspecified atom stereocenters. The summed E-state index contributed by atoms with van der Waals surface area (Å²) in [7, 11) is 0. The Morgan fingerprint density at radius 1 is 1.25 bits per heavy atom. The third-order valence-electron chi connectivity index (χ3n) is 4.50. The molecule has 0 N–H and O–H groups in total. The van der Waals surface area contributed by atoms with Crippen molar-refractivity contribution in [1.82, 2.24) is 15.0 Å². The Labute approximate surface area is 139 Å². The van der Waals surface area contributed by atoms with E-state index in [2.05, 4.69) is 28.0 Å². The van der Waals surface area contributed by atoms with Crippen LogP contribution in [0.5, 0.6) is 0 Å². The van der Waals surface area contributed by atoms with E-state index in [1.807, 2.05) is 18.3 Å². The van der Waals surface area contributed by atoms with E-state index in [0.29, 0.717) is 0 Å². The fraction of sp³-hybridized carbons (Fsp3) is 0.263. The van der Waals surface area contributed by atoms with Crippen LogP contribution < -0.4 is 0 Å². The summed E-state index contributed by atoms with van der Waals surface area (Å²) >= 11 is 0. The average molecular weight is 323 g/mol. The molecule has 1 aliphatic rings. The Balaban J connectivity index is 1.61. The van der Waals surface area contributed by atoms with Crippen LogP contribution >= 0.6 is 0 Å². The minimum absolute atomic E-state index is 0.263. The number of halogens is 1. The standard InChI is InChI=1S/C19H18FN3O/c1-13-4-3-8-21-17(13)12-23-9-7-18-16(11-23)19(22-24-18)14-5-2-6-15(20)10-14/h2-6,8,10H,7,9,11-12H2,1H3. The molecule has 0 atom stereocenters. The molecule has 0 amide bonds. The highest BCUT2D eigenvalue weighted by molar-refractivity contribution is 5.63. The van der Waals surface area contributed by atoms with Crippen molar-refractivity contribution in [2.45, 2.75) is 26.4 Å². The summed E-state index contributed by atoms with van der Waals surface area (Å²) < 4.78 is 19.0. The van der Waals surface area contributed by atoms with E-state index < -0.39 is 0 Å². The Morgan fingerprint density at radius 2 is 2.17 bits per heavy atom. The fourth-order valence-electron chi connectivity index (χ4n) is 3.16. The molecule has 2 aromatic heterocycles. The zero-order valence-corrected chi connectivity index (χ0v) is 13.5. The number of aryl methyl sites for hydroxylation is 1. The van der Waals surface area contributed by atoms with Gasteiger partial charge in [-0.3, -0.25) is 9.88 Å². The molecule has 0 fully saturated rings. The first-order valence-electron chi connectivity index (χ1n) is 8.07. The number of pyridine rings is 1. The topological polar surface area (TPSA) is 42.2 Å². The van der Waals surface area contributed by atoms with Crippen molar-refractivity contribution in [3.8, 4) is 11.3 Å². The van der Waals surface area contributed by atoms with Crippen LogP contribution in [0.4, 0.5) is 4.39 Å². The maximum absolute atomic E-state index is 13.5. The van der Waals surface area contributed by atoms with Gasteiger partial charge in [-0.25, -0.2) is 4.39 Å². The Morgan fingerprint density at radius 3 is 3.00 bits per heavy atom. The third kappa shape index (κ3) is 2.83. The number of fused-ring (bicyclic) bond motifs is 1. The fourth-order valence-corrected chi connectivity index (χ4v) is 3.16. The average Bonchev–Trinajstić information content (AvgIpc) is 3.00. The molecule has 1 aromatic carbocycles. The van der Waals surface area contributed by atoms with Gasteiger partial charge in [0.2, 0.25) is 0 Å². The summed E-state index contributed by atoms with van der Waals surface area (Å²) in [5.41, 5.74) is 4.84. The van der Waals surface area contributed by atoms with Crippen molar-refractivity contribution in [3.63, 3.8) is 0 Å². The first kappa shape index (κ1) is 15.0. The number of hydrogen-bond acceptors (Lipinski definition) is 4. The molecule has 0 saturated carbocycles. The van der Waals surface area contributed by atoms with Crippen LogP contribution in [0.1, 0.15) is 22.6 Å². The van der Waals surface area contributed by atoms with Gasteiger partial charge in [0, 0.05) is 43.4 Å². The number of benzene rings is 1. The predicted octanol–water partition coefficient (Wildman–Crippen LogP) is 3.74. The van der Waals surface area contributed by atoms with Gasteiger partial charge in [0.15, 0.2) is 0 Å². The molecule has 1 aliphatic heterocycles. The molecule has 0 aliphatic carbocycles. The zero-order chi connectivity index (χ0) is 16.5. The molecular formula is C19H18FN3O. The van der Waals surface area contributed by atoms with E-state index in [0.717, 1.165) is 54.3 Å². The summed E-state index contributed by atoms with van der Waals surface area (Å²) in [4.78, 5) is 6.81. The predicted molar refractivity (Wildman–Crippen MR) is 88.7 cm³/mol. The van der Waals surface area contributed by atoms with E-state index in [9.17, 15) is 4.39 Å². The lowest BCUT2D eigenvalue weighted by Crippen LogP contribution is -2.30. The van der Waals surface area contributed by atoms with E-state index in [4.69, 9.17) is 4.52 Å². The SMILES string of the molecule is Cc1cccnc1CN1CCc2onc(-c3cccc(F)c3)c2C1. The van der Waals surface area contributed by atoms with Crippen LogP contribution in [0.25, 0.3) is 11.3 Å². The molecule has 0 radical (unpaired) electrons. The molecule has 0 spiro atoms. The summed E-state index contributed by atoms with van der Waals surface area (Å²) in [6.07, 6.45) is 2.64. The highest BCUT2D eigenvalue weighted by Gasteiger charge is 2.25. The second-order valence-electron chi connectivity index (χ2n) is 6.17. The second kappa shape index (κ2) is 6.17. The van der Waals surface area contributed by atoms with Gasteiger partial charge < -0.3 is 4.52 Å². The van der Waals surface area contributed by atoms with Gasteiger partial charge in [-0.1, -0.05) is 23.4 Å². The van der Waals surface area contributed by atoms with E-state index in [1.54, 1.807) is 6.07 Å². The van der Waals surface area contributed by atoms with Crippen molar-refractivity contribution in [2.75, 3.05) is 6.54 Å². The van der Waals surface area contributed by atoms with Crippen molar-refractivity contribution >= 4 is 0 Å². The highest BCUT2D eigenvalue weighted by Crippen LogP contribution is 2.30. The minimum atomic E-state index is -0.263. The smallest absolute Gasteiger partial charge is 0.143 e. The minimum Gasteiger partial charge on any atom is -0.360 e. The van der Waals surface area contributed by atoms with Gasteiger partial charge in [-0.15, -0.1) is 0 Å². The number of nitrogens with zero attached hydrogens (tertiary/aromatic N) is 3. The van der Waals surface area contributed by atoms with Crippen LogP contribution in [0.15, 0.2) is 47.1 Å². The molecular weight excluding hydrogens is 305 g/mol. The Kier molecular flexibility index (Phi) is 3.86. The van der Waals surface area contributed by atoms with Gasteiger partial charge >= 0.3 is 0 Å². The highest BCUT2D eigenvalue weighted by atomic mass is 19.1. The van der Waals surface area contributed by atoms with Crippen molar-refractivity contribution in [2.24, 2.45) is 0 Å². The molecule has 0 saturated heterocycles. The maximum Gasteiger partial charge on any atom is 0.143 e. The largest absolute Gasteiger partial charge is 0.360 e. The summed E-state index contributed by atoms with van der Waals surface area (Å²) in [6, 6.07) is 10.5. The quantitative estimate of drug-likeness (QED) is 0.736. The van der Waals surface area contributed by atoms with Crippen LogP contribution in [0.2, 0.25) is 0 Å². The van der Waals surface area contributed by atoms with Gasteiger partial charge in [-0.05, 0) is 30.7 Å². The van der Waals surface area contributed by atoms with Crippen LogP contribution in [0, 0.1) is 12.7 Å². The van der Waals surface area contributed by atoms with Crippen molar-refractivity contribution in [3.05, 3.63) is 71.0 Å². The monoisotopic (exact) mass is 323 g/mol. The number of aromatic nitrogens is 2. The van der Waals surface area contributed by atoms with Crippen LogP contribution in [-0.4, -0.2) is 21.6 Å².